The molecule has 5 heteroatoms. The number of halogens is 1. The standard InChI is InChI=1S/C15H19BrN2OS/c1-15(2,3)18-8-11-7-12(16)9-17-14(11)19-10-13-5-4-6-20-13/h4-7,9,18H,8,10H2,1-3H3. The van der Waals surface area contributed by atoms with Gasteiger partial charge in [0.2, 0.25) is 5.88 Å². The average Bonchev–Trinajstić information content (AvgIpc) is 2.87. The number of thiophene rings is 1. The third-order valence-corrected chi connectivity index (χ3v) is 3.92. The van der Waals surface area contributed by atoms with Crippen molar-refractivity contribution in [1.82, 2.24) is 10.3 Å². The lowest BCUT2D eigenvalue weighted by Gasteiger charge is -2.21. The van der Waals surface area contributed by atoms with E-state index in [-0.39, 0.29) is 5.54 Å². The SMILES string of the molecule is CC(C)(C)NCc1cc(Br)cnc1OCc1cccs1. The van der Waals surface area contributed by atoms with Crippen molar-refractivity contribution in [3.63, 3.8) is 0 Å². The molecule has 0 radical (unpaired) electrons. The quantitative estimate of drug-likeness (QED) is 0.865. The van der Waals surface area contributed by atoms with Crippen LogP contribution in [0.15, 0.2) is 34.2 Å². The Balaban J connectivity index is 2.07. The molecule has 0 aromatic carbocycles. The van der Waals surface area contributed by atoms with E-state index in [9.17, 15) is 0 Å². The smallest absolute Gasteiger partial charge is 0.218 e. The van der Waals surface area contributed by atoms with Gasteiger partial charge in [-0.3, -0.25) is 0 Å². The zero-order valence-electron chi connectivity index (χ0n) is 11.9. The molecule has 20 heavy (non-hydrogen) atoms. The number of ether oxygens (including phenoxy) is 1. The summed E-state index contributed by atoms with van der Waals surface area (Å²) in [4.78, 5) is 5.57. The largest absolute Gasteiger partial charge is 0.472 e. The highest BCUT2D eigenvalue weighted by molar-refractivity contribution is 9.10. The van der Waals surface area contributed by atoms with E-state index in [0.717, 1.165) is 16.6 Å². The summed E-state index contributed by atoms with van der Waals surface area (Å²) in [6, 6.07) is 6.15. The Morgan fingerprint density at radius 3 is 2.85 bits per heavy atom. The van der Waals surface area contributed by atoms with Gasteiger partial charge in [0.1, 0.15) is 6.61 Å². The molecule has 0 aliphatic rings. The third kappa shape index (κ3) is 4.89. The number of rotatable bonds is 5. The van der Waals surface area contributed by atoms with Crippen LogP contribution in [0.3, 0.4) is 0 Å². The molecular weight excluding hydrogens is 336 g/mol. The molecule has 0 saturated heterocycles. The molecule has 0 atom stereocenters. The first kappa shape index (κ1) is 15.5. The Bertz CT molecular complexity index is 549. The molecule has 108 valence electrons. The van der Waals surface area contributed by atoms with Crippen molar-refractivity contribution >= 4 is 27.3 Å². The predicted octanol–water partition coefficient (Wildman–Crippen LogP) is 4.37. The van der Waals surface area contributed by atoms with Crippen LogP contribution in [0.4, 0.5) is 0 Å². The summed E-state index contributed by atoms with van der Waals surface area (Å²) in [6.07, 6.45) is 1.77. The molecule has 0 aliphatic heterocycles. The Morgan fingerprint density at radius 2 is 2.20 bits per heavy atom. The molecule has 1 N–H and O–H groups in total. The van der Waals surface area contributed by atoms with Gasteiger partial charge in [0.05, 0.1) is 0 Å². The highest BCUT2D eigenvalue weighted by Crippen LogP contribution is 2.22. The second kappa shape index (κ2) is 6.70. The molecule has 0 fully saturated rings. The van der Waals surface area contributed by atoms with Crippen molar-refractivity contribution in [2.75, 3.05) is 0 Å². The molecule has 0 bridgehead atoms. The zero-order valence-corrected chi connectivity index (χ0v) is 14.3. The van der Waals surface area contributed by atoms with E-state index >= 15 is 0 Å². The summed E-state index contributed by atoms with van der Waals surface area (Å²) >= 11 is 5.15. The van der Waals surface area contributed by atoms with Crippen LogP contribution >= 0.6 is 27.3 Å². The average molecular weight is 355 g/mol. The minimum absolute atomic E-state index is 0.0628. The molecule has 2 heterocycles. The molecule has 0 amide bonds. The summed E-state index contributed by atoms with van der Waals surface area (Å²) in [6.45, 7) is 7.73. The van der Waals surface area contributed by atoms with Crippen molar-refractivity contribution in [3.05, 3.63) is 44.7 Å². The molecule has 0 saturated carbocycles. The van der Waals surface area contributed by atoms with E-state index < -0.39 is 0 Å². The first-order chi connectivity index (χ1) is 9.44. The molecule has 2 aromatic rings. The van der Waals surface area contributed by atoms with Crippen LogP contribution < -0.4 is 10.1 Å². The number of nitrogens with zero attached hydrogens (tertiary/aromatic N) is 1. The van der Waals surface area contributed by atoms with Gasteiger partial charge in [0, 0.05) is 33.2 Å². The van der Waals surface area contributed by atoms with Crippen molar-refractivity contribution in [2.45, 2.75) is 39.5 Å². The van der Waals surface area contributed by atoms with E-state index in [1.54, 1.807) is 17.5 Å². The molecular formula is C15H19BrN2OS. The van der Waals surface area contributed by atoms with Gasteiger partial charge >= 0.3 is 0 Å². The van der Waals surface area contributed by atoms with E-state index in [1.165, 1.54) is 4.88 Å². The first-order valence-electron chi connectivity index (χ1n) is 6.49. The van der Waals surface area contributed by atoms with Crippen LogP contribution in [-0.2, 0) is 13.2 Å². The van der Waals surface area contributed by atoms with Crippen LogP contribution in [0.5, 0.6) is 5.88 Å². The van der Waals surface area contributed by atoms with E-state index in [1.807, 2.05) is 6.07 Å². The van der Waals surface area contributed by atoms with Gasteiger partial charge in [-0.2, -0.15) is 0 Å². The normalized spacial score (nSPS) is 11.6. The third-order valence-electron chi connectivity index (χ3n) is 2.63. The lowest BCUT2D eigenvalue weighted by atomic mass is 10.1. The van der Waals surface area contributed by atoms with Gasteiger partial charge < -0.3 is 10.1 Å². The van der Waals surface area contributed by atoms with Gasteiger partial charge in [0.15, 0.2) is 0 Å². The fourth-order valence-electron chi connectivity index (χ4n) is 1.62. The maximum atomic E-state index is 5.84. The van der Waals surface area contributed by atoms with Gasteiger partial charge in [-0.05, 0) is 54.2 Å². The lowest BCUT2D eigenvalue weighted by molar-refractivity contribution is 0.291. The first-order valence-corrected chi connectivity index (χ1v) is 8.16. The van der Waals surface area contributed by atoms with Crippen LogP contribution in [0, 0.1) is 0 Å². The molecule has 3 nitrogen and oxygen atoms in total. The number of hydrogen-bond donors (Lipinski definition) is 1. The van der Waals surface area contributed by atoms with E-state index in [4.69, 9.17) is 4.74 Å². The fraction of sp³-hybridized carbons (Fsp3) is 0.400. The summed E-state index contributed by atoms with van der Waals surface area (Å²) in [5.41, 5.74) is 1.12. The highest BCUT2D eigenvalue weighted by atomic mass is 79.9. The highest BCUT2D eigenvalue weighted by Gasteiger charge is 2.12. The van der Waals surface area contributed by atoms with Gasteiger partial charge in [-0.15, -0.1) is 11.3 Å². The maximum Gasteiger partial charge on any atom is 0.218 e. The van der Waals surface area contributed by atoms with Gasteiger partial charge in [-0.25, -0.2) is 4.98 Å². The molecule has 0 unspecified atom stereocenters. The molecule has 0 spiro atoms. The number of pyridine rings is 1. The van der Waals surface area contributed by atoms with Crippen LogP contribution in [0.1, 0.15) is 31.2 Å². The summed E-state index contributed by atoms with van der Waals surface area (Å²) in [5, 5.41) is 5.51. The Kier molecular flexibility index (Phi) is 5.18. The number of aromatic nitrogens is 1. The maximum absolute atomic E-state index is 5.84. The Hall–Kier alpha value is -0.910. The molecule has 0 aliphatic carbocycles. The molecule has 2 aromatic heterocycles. The van der Waals surface area contributed by atoms with Gasteiger partial charge in [0.25, 0.3) is 0 Å². The number of nitrogens with one attached hydrogen (secondary N) is 1. The van der Waals surface area contributed by atoms with Crippen LogP contribution in [0.25, 0.3) is 0 Å². The summed E-state index contributed by atoms with van der Waals surface area (Å²) in [5.74, 6) is 0.693. The van der Waals surface area contributed by atoms with Crippen LogP contribution in [-0.4, -0.2) is 10.5 Å². The lowest BCUT2D eigenvalue weighted by Crippen LogP contribution is -2.35. The zero-order chi connectivity index (χ0) is 14.6. The van der Waals surface area contributed by atoms with E-state index in [2.05, 4.69) is 64.5 Å². The fourth-order valence-corrected chi connectivity index (χ4v) is 2.61. The summed E-state index contributed by atoms with van der Waals surface area (Å²) in [7, 11) is 0. The second-order valence-corrected chi connectivity index (χ2v) is 7.54. The van der Waals surface area contributed by atoms with Gasteiger partial charge in [-0.1, -0.05) is 6.07 Å². The van der Waals surface area contributed by atoms with E-state index in [0.29, 0.717) is 12.5 Å². The minimum Gasteiger partial charge on any atom is -0.472 e. The van der Waals surface area contributed by atoms with Crippen molar-refractivity contribution in [3.8, 4) is 5.88 Å². The predicted molar refractivity (Wildman–Crippen MR) is 87.2 cm³/mol. The van der Waals surface area contributed by atoms with Crippen LogP contribution in [0.2, 0.25) is 0 Å². The monoisotopic (exact) mass is 354 g/mol. The Labute approximate surface area is 132 Å². The summed E-state index contributed by atoms with van der Waals surface area (Å²) < 4.78 is 6.80. The van der Waals surface area contributed by atoms with Crippen molar-refractivity contribution in [1.29, 1.82) is 0 Å². The molecule has 2 rings (SSSR count). The topological polar surface area (TPSA) is 34.2 Å². The van der Waals surface area contributed by atoms with Crippen molar-refractivity contribution < 1.29 is 4.74 Å². The Morgan fingerprint density at radius 1 is 1.40 bits per heavy atom. The minimum atomic E-state index is 0.0628. The second-order valence-electron chi connectivity index (χ2n) is 5.59. The number of hydrogen-bond acceptors (Lipinski definition) is 4. The van der Waals surface area contributed by atoms with Crippen molar-refractivity contribution in [2.24, 2.45) is 0 Å².